The molecule has 0 aliphatic heterocycles. The fourth-order valence-corrected chi connectivity index (χ4v) is 1.88. The van der Waals surface area contributed by atoms with E-state index in [1.54, 1.807) is 0 Å². The van der Waals surface area contributed by atoms with Crippen molar-refractivity contribution in [1.29, 1.82) is 0 Å². The lowest BCUT2D eigenvalue weighted by atomic mass is 10.1. The second kappa shape index (κ2) is 7.04. The van der Waals surface area contributed by atoms with Crippen molar-refractivity contribution in [2.45, 2.75) is 25.9 Å². The lowest BCUT2D eigenvalue weighted by molar-refractivity contribution is -0.143. The van der Waals surface area contributed by atoms with Gasteiger partial charge >= 0.3 is 5.97 Å². The monoisotopic (exact) mass is 236 g/mol. The van der Waals surface area contributed by atoms with Crippen molar-refractivity contribution in [1.82, 2.24) is 4.90 Å². The van der Waals surface area contributed by atoms with Gasteiger partial charge in [-0.15, -0.1) is 0 Å². The van der Waals surface area contributed by atoms with E-state index in [9.17, 15) is 9.90 Å². The molecular formula is C13H20N2O2. The summed E-state index contributed by atoms with van der Waals surface area (Å²) in [5.41, 5.74) is 6.59. The van der Waals surface area contributed by atoms with Gasteiger partial charge in [0.1, 0.15) is 6.04 Å². The maximum Gasteiger partial charge on any atom is 0.320 e. The topological polar surface area (TPSA) is 66.6 Å². The van der Waals surface area contributed by atoms with Crippen LogP contribution in [-0.4, -0.2) is 35.1 Å². The van der Waals surface area contributed by atoms with Crippen LogP contribution in [0.2, 0.25) is 0 Å². The average Bonchev–Trinajstić information content (AvgIpc) is 2.34. The molecule has 0 bridgehead atoms. The lowest BCUT2D eigenvalue weighted by Gasteiger charge is -2.27. The van der Waals surface area contributed by atoms with Gasteiger partial charge < -0.3 is 10.8 Å². The van der Waals surface area contributed by atoms with E-state index in [1.165, 1.54) is 0 Å². The van der Waals surface area contributed by atoms with E-state index >= 15 is 0 Å². The summed E-state index contributed by atoms with van der Waals surface area (Å²) in [5, 5.41) is 9.19. The SMILES string of the molecule is CCN(Cc1ccccc1)C(CCN)C(=O)O. The normalized spacial score (nSPS) is 12.6. The average molecular weight is 236 g/mol. The molecule has 0 heterocycles. The number of nitrogens with zero attached hydrogens (tertiary/aromatic N) is 1. The zero-order valence-corrected chi connectivity index (χ0v) is 10.2. The Morgan fingerprint density at radius 3 is 2.53 bits per heavy atom. The molecule has 0 radical (unpaired) electrons. The Balaban J connectivity index is 2.72. The fraction of sp³-hybridized carbons (Fsp3) is 0.462. The largest absolute Gasteiger partial charge is 0.480 e. The molecule has 0 saturated carbocycles. The number of hydrogen-bond acceptors (Lipinski definition) is 3. The van der Waals surface area contributed by atoms with Crippen molar-refractivity contribution in [3.05, 3.63) is 35.9 Å². The van der Waals surface area contributed by atoms with Gasteiger partial charge in [-0.1, -0.05) is 37.3 Å². The summed E-state index contributed by atoms with van der Waals surface area (Å²) in [6.45, 7) is 3.71. The van der Waals surface area contributed by atoms with Crippen molar-refractivity contribution in [2.24, 2.45) is 5.73 Å². The molecule has 0 aromatic heterocycles. The minimum absolute atomic E-state index is 0.391. The number of hydrogen-bond donors (Lipinski definition) is 2. The Hall–Kier alpha value is -1.39. The number of benzene rings is 1. The number of likely N-dealkylation sites (N-methyl/N-ethyl adjacent to an activating group) is 1. The van der Waals surface area contributed by atoms with E-state index in [-0.39, 0.29) is 0 Å². The number of carboxylic acids is 1. The van der Waals surface area contributed by atoms with Crippen LogP contribution in [0.25, 0.3) is 0 Å². The first kappa shape index (κ1) is 13.7. The fourth-order valence-electron chi connectivity index (χ4n) is 1.88. The molecule has 1 aromatic rings. The van der Waals surface area contributed by atoms with Crippen LogP contribution in [0.15, 0.2) is 30.3 Å². The molecule has 0 fully saturated rings. The van der Waals surface area contributed by atoms with E-state index in [0.717, 1.165) is 5.56 Å². The summed E-state index contributed by atoms with van der Waals surface area (Å²) in [6, 6.07) is 9.39. The standard InChI is InChI=1S/C13H20N2O2/c1-2-15(12(8-9-14)13(16)17)10-11-6-4-3-5-7-11/h3-7,12H,2,8-10,14H2,1H3,(H,16,17). The molecule has 3 N–H and O–H groups in total. The Kier molecular flexibility index (Phi) is 5.66. The van der Waals surface area contributed by atoms with Crippen LogP contribution in [-0.2, 0) is 11.3 Å². The van der Waals surface area contributed by atoms with Crippen LogP contribution in [0.4, 0.5) is 0 Å². The summed E-state index contributed by atoms with van der Waals surface area (Å²) in [4.78, 5) is 13.1. The first-order chi connectivity index (χ1) is 8.19. The van der Waals surface area contributed by atoms with E-state index in [4.69, 9.17) is 5.73 Å². The Labute approximate surface area is 102 Å². The zero-order valence-electron chi connectivity index (χ0n) is 10.2. The highest BCUT2D eigenvalue weighted by Gasteiger charge is 2.23. The molecule has 0 spiro atoms. The van der Waals surface area contributed by atoms with Crippen LogP contribution in [0.3, 0.4) is 0 Å². The van der Waals surface area contributed by atoms with Gasteiger partial charge in [0.05, 0.1) is 0 Å². The second-order valence-corrected chi connectivity index (χ2v) is 3.98. The van der Waals surface area contributed by atoms with Gasteiger partial charge in [-0.25, -0.2) is 0 Å². The van der Waals surface area contributed by atoms with Gasteiger partial charge in [-0.05, 0) is 25.1 Å². The minimum atomic E-state index is -0.798. The third-order valence-electron chi connectivity index (χ3n) is 2.80. The minimum Gasteiger partial charge on any atom is -0.480 e. The summed E-state index contributed by atoms with van der Waals surface area (Å²) >= 11 is 0. The molecule has 17 heavy (non-hydrogen) atoms. The van der Waals surface area contributed by atoms with Crippen LogP contribution in [0, 0.1) is 0 Å². The Morgan fingerprint density at radius 1 is 1.41 bits per heavy atom. The van der Waals surface area contributed by atoms with Gasteiger partial charge in [0.2, 0.25) is 0 Å². The quantitative estimate of drug-likeness (QED) is 0.749. The highest BCUT2D eigenvalue weighted by Crippen LogP contribution is 2.10. The van der Waals surface area contributed by atoms with Crippen molar-refractivity contribution >= 4 is 5.97 Å². The molecule has 1 atom stereocenters. The summed E-state index contributed by atoms with van der Waals surface area (Å²) in [5.74, 6) is -0.798. The maximum atomic E-state index is 11.2. The van der Waals surface area contributed by atoms with Gasteiger partial charge in [-0.3, -0.25) is 9.69 Å². The van der Waals surface area contributed by atoms with Gasteiger partial charge in [0, 0.05) is 6.54 Å². The third kappa shape index (κ3) is 4.17. The van der Waals surface area contributed by atoms with Crippen molar-refractivity contribution in [3.8, 4) is 0 Å². The summed E-state index contributed by atoms with van der Waals surface area (Å²) < 4.78 is 0. The first-order valence-electron chi connectivity index (χ1n) is 5.89. The van der Waals surface area contributed by atoms with Crippen LogP contribution in [0.5, 0.6) is 0 Å². The third-order valence-corrected chi connectivity index (χ3v) is 2.80. The van der Waals surface area contributed by atoms with Gasteiger partial charge in [0.25, 0.3) is 0 Å². The smallest absolute Gasteiger partial charge is 0.320 e. The Bertz CT molecular complexity index is 341. The van der Waals surface area contributed by atoms with Crippen molar-refractivity contribution in [3.63, 3.8) is 0 Å². The maximum absolute atomic E-state index is 11.2. The molecule has 94 valence electrons. The summed E-state index contributed by atoms with van der Waals surface area (Å²) in [6.07, 6.45) is 0.482. The van der Waals surface area contributed by atoms with Gasteiger partial charge in [-0.2, -0.15) is 0 Å². The molecule has 4 nitrogen and oxygen atoms in total. The molecule has 1 unspecified atom stereocenters. The van der Waals surface area contributed by atoms with Crippen LogP contribution >= 0.6 is 0 Å². The number of nitrogens with two attached hydrogens (primary N) is 1. The molecule has 0 saturated heterocycles. The zero-order chi connectivity index (χ0) is 12.7. The molecule has 0 aliphatic rings. The first-order valence-corrected chi connectivity index (χ1v) is 5.89. The van der Waals surface area contributed by atoms with Crippen LogP contribution < -0.4 is 5.73 Å². The van der Waals surface area contributed by atoms with Crippen LogP contribution in [0.1, 0.15) is 18.9 Å². The number of carbonyl (C=O) groups is 1. The van der Waals surface area contributed by atoms with Crippen molar-refractivity contribution in [2.75, 3.05) is 13.1 Å². The molecule has 4 heteroatoms. The molecule has 1 aromatic carbocycles. The van der Waals surface area contributed by atoms with E-state index < -0.39 is 12.0 Å². The Morgan fingerprint density at radius 2 is 2.06 bits per heavy atom. The highest BCUT2D eigenvalue weighted by molar-refractivity contribution is 5.73. The van der Waals surface area contributed by atoms with Gasteiger partial charge in [0.15, 0.2) is 0 Å². The second-order valence-electron chi connectivity index (χ2n) is 3.98. The molecular weight excluding hydrogens is 216 g/mol. The summed E-state index contributed by atoms with van der Waals surface area (Å²) in [7, 11) is 0. The number of rotatable bonds is 7. The van der Waals surface area contributed by atoms with E-state index in [1.807, 2.05) is 42.2 Å². The predicted octanol–water partition coefficient (Wildman–Crippen LogP) is 1.31. The molecule has 1 rings (SSSR count). The molecule has 0 amide bonds. The predicted molar refractivity (Wildman–Crippen MR) is 67.6 cm³/mol. The van der Waals surface area contributed by atoms with E-state index in [2.05, 4.69) is 0 Å². The number of aliphatic carboxylic acids is 1. The lowest BCUT2D eigenvalue weighted by Crippen LogP contribution is -2.41. The number of carboxylic acid groups (broad SMARTS) is 1. The van der Waals surface area contributed by atoms with E-state index in [0.29, 0.717) is 26.1 Å². The van der Waals surface area contributed by atoms with Crippen molar-refractivity contribution < 1.29 is 9.90 Å². The molecule has 0 aliphatic carbocycles. The highest BCUT2D eigenvalue weighted by atomic mass is 16.4.